The Kier molecular flexibility index (Phi) is 16.5. The third-order valence-electron chi connectivity index (χ3n) is 11.2. The normalized spacial score (nSPS) is 18.0. The number of rotatable bonds is 24. The molecule has 0 saturated carbocycles. The predicted octanol–water partition coefficient (Wildman–Crippen LogP) is 1.08. The van der Waals surface area contributed by atoms with Gasteiger partial charge in [-0.3, -0.25) is 48.6 Å². The molecule has 366 valence electrons. The second-order valence-electron chi connectivity index (χ2n) is 16.0. The zero-order valence-corrected chi connectivity index (χ0v) is 37.1. The van der Waals surface area contributed by atoms with Crippen LogP contribution in [0.4, 0.5) is 20.2 Å². The number of fused-ring (bicyclic) bond motifs is 2. The number of amides is 8. The van der Waals surface area contributed by atoms with E-state index in [1.165, 1.54) is 23.1 Å². The molecule has 2 fully saturated rings. The van der Waals surface area contributed by atoms with Crippen LogP contribution >= 0.6 is 0 Å². The molecule has 3 aromatic carbocycles. The van der Waals surface area contributed by atoms with Gasteiger partial charge in [-0.1, -0.05) is 0 Å². The fraction of sp³-hybridized carbons (Fsp3) is 0.391. The van der Waals surface area contributed by atoms with E-state index in [0.29, 0.717) is 49.1 Å². The Morgan fingerprint density at radius 3 is 2.09 bits per heavy atom. The Labute approximate surface area is 392 Å². The maximum absolute atomic E-state index is 13.5. The molecule has 2 unspecified atom stereocenters. The maximum atomic E-state index is 13.5. The standard InChI is InChI=1S/C46H49F2N7O14/c47-29-19-27(20-30(48)23-29)25-50-44(62)46(64)7-9-54(45(46)63)32-2-4-35-28(21-32)22-36(52-35)40(58)49-8-10-65-11-12-66-13-14-67-15-16-68-17-18-69-26-39(57)51-31-1-3-33-34(24-31)43(61)55(42(33)60)37-5-6-38(56)53-41(37)59/h1-4,19-24,37,52,64H,5-18,25-26H2,(H,49,58)(H,50,62)(H,51,57)(H,53,56,59). The quantitative estimate of drug-likeness (QED) is 0.0326. The van der Waals surface area contributed by atoms with Crippen LogP contribution in [0.5, 0.6) is 0 Å². The number of halogens is 2. The van der Waals surface area contributed by atoms with Crippen molar-refractivity contribution in [2.75, 3.05) is 89.4 Å². The summed E-state index contributed by atoms with van der Waals surface area (Å²) >= 11 is 0. The van der Waals surface area contributed by atoms with Crippen molar-refractivity contribution in [2.24, 2.45) is 0 Å². The van der Waals surface area contributed by atoms with E-state index in [2.05, 4.69) is 26.3 Å². The van der Waals surface area contributed by atoms with Gasteiger partial charge in [-0.05, 0) is 66.6 Å². The first-order valence-electron chi connectivity index (χ1n) is 21.9. The summed E-state index contributed by atoms with van der Waals surface area (Å²) in [5.74, 6) is -6.89. The highest BCUT2D eigenvalue weighted by atomic mass is 19.1. The van der Waals surface area contributed by atoms with Crippen LogP contribution in [0.1, 0.15) is 56.0 Å². The molecular weight excluding hydrogens is 913 g/mol. The number of hydrogen-bond donors (Lipinski definition) is 6. The van der Waals surface area contributed by atoms with E-state index in [0.717, 1.165) is 17.0 Å². The molecule has 2 atom stereocenters. The summed E-state index contributed by atoms with van der Waals surface area (Å²) in [6.45, 7) is 2.00. The first-order valence-corrected chi connectivity index (χ1v) is 21.9. The fourth-order valence-electron chi connectivity index (χ4n) is 7.74. The van der Waals surface area contributed by atoms with Crippen molar-refractivity contribution in [3.8, 4) is 0 Å². The molecule has 0 radical (unpaired) electrons. The number of nitrogens with one attached hydrogen (secondary N) is 5. The zero-order chi connectivity index (χ0) is 49.1. The minimum absolute atomic E-state index is 0.00492. The fourth-order valence-corrected chi connectivity index (χ4v) is 7.74. The molecule has 0 bridgehead atoms. The van der Waals surface area contributed by atoms with Gasteiger partial charge < -0.3 is 54.6 Å². The van der Waals surface area contributed by atoms with Gasteiger partial charge in [0.15, 0.2) is 0 Å². The van der Waals surface area contributed by atoms with Gasteiger partial charge in [-0.2, -0.15) is 0 Å². The molecule has 4 heterocycles. The molecule has 2 saturated heterocycles. The van der Waals surface area contributed by atoms with Gasteiger partial charge in [0.2, 0.25) is 23.3 Å². The lowest BCUT2D eigenvalue weighted by atomic mass is 10.0. The third kappa shape index (κ3) is 12.4. The summed E-state index contributed by atoms with van der Waals surface area (Å²) in [7, 11) is 0. The summed E-state index contributed by atoms with van der Waals surface area (Å²) in [6, 6.07) is 12.4. The molecule has 69 heavy (non-hydrogen) atoms. The summed E-state index contributed by atoms with van der Waals surface area (Å²) in [6.07, 6.45) is -0.169. The Hall–Kier alpha value is -7.02. The number of aromatic amines is 1. The van der Waals surface area contributed by atoms with Crippen molar-refractivity contribution in [3.63, 3.8) is 0 Å². The number of ether oxygens (including phenoxy) is 5. The van der Waals surface area contributed by atoms with E-state index in [1.54, 1.807) is 24.3 Å². The molecular formula is C46H49F2N7O14. The van der Waals surface area contributed by atoms with Crippen molar-refractivity contribution in [2.45, 2.75) is 37.5 Å². The Balaban J connectivity index is 0.684. The number of H-pyrrole nitrogens is 1. The van der Waals surface area contributed by atoms with E-state index in [-0.39, 0.29) is 113 Å². The lowest BCUT2D eigenvalue weighted by molar-refractivity contribution is -0.149. The van der Waals surface area contributed by atoms with Crippen LogP contribution in [0.15, 0.2) is 60.7 Å². The molecule has 21 nitrogen and oxygen atoms in total. The number of benzene rings is 3. The molecule has 4 aromatic rings. The van der Waals surface area contributed by atoms with Crippen molar-refractivity contribution < 1.29 is 75.9 Å². The van der Waals surface area contributed by atoms with Crippen LogP contribution in [0.25, 0.3) is 10.9 Å². The van der Waals surface area contributed by atoms with Crippen molar-refractivity contribution in [1.29, 1.82) is 0 Å². The number of anilines is 2. The van der Waals surface area contributed by atoms with E-state index >= 15 is 0 Å². The molecule has 8 amide bonds. The van der Waals surface area contributed by atoms with Crippen LogP contribution in [-0.2, 0) is 54.2 Å². The van der Waals surface area contributed by atoms with Crippen LogP contribution in [0, 0.1) is 11.6 Å². The molecule has 0 aliphatic carbocycles. The number of imide groups is 2. The average molecular weight is 962 g/mol. The first-order chi connectivity index (χ1) is 33.2. The zero-order valence-electron chi connectivity index (χ0n) is 37.1. The number of piperidine rings is 1. The van der Waals surface area contributed by atoms with Crippen LogP contribution < -0.4 is 26.2 Å². The molecule has 23 heteroatoms. The molecule has 3 aliphatic heterocycles. The molecule has 0 spiro atoms. The lowest BCUT2D eigenvalue weighted by Crippen LogP contribution is -2.54. The Morgan fingerprint density at radius 1 is 0.754 bits per heavy atom. The van der Waals surface area contributed by atoms with Gasteiger partial charge in [0.25, 0.3) is 29.5 Å². The number of aromatic nitrogens is 1. The number of hydrogen-bond acceptors (Lipinski definition) is 14. The third-order valence-corrected chi connectivity index (χ3v) is 11.2. The Morgan fingerprint density at radius 2 is 1.41 bits per heavy atom. The summed E-state index contributed by atoms with van der Waals surface area (Å²) < 4.78 is 54.3. The van der Waals surface area contributed by atoms with Gasteiger partial charge in [0, 0.05) is 60.8 Å². The monoisotopic (exact) mass is 961 g/mol. The Bertz CT molecular complexity index is 2610. The average Bonchev–Trinajstić information content (AvgIpc) is 3.96. The van der Waals surface area contributed by atoms with Crippen molar-refractivity contribution >= 4 is 69.5 Å². The highest BCUT2D eigenvalue weighted by molar-refractivity contribution is 6.24. The highest BCUT2D eigenvalue weighted by Gasteiger charge is 2.52. The van der Waals surface area contributed by atoms with Gasteiger partial charge in [0.1, 0.15) is 30.0 Å². The maximum Gasteiger partial charge on any atom is 0.268 e. The van der Waals surface area contributed by atoms with E-state index in [1.807, 2.05) is 0 Å². The van der Waals surface area contributed by atoms with Gasteiger partial charge in [0.05, 0.1) is 70.6 Å². The molecule has 3 aliphatic rings. The minimum Gasteiger partial charge on any atom is -0.377 e. The van der Waals surface area contributed by atoms with E-state index in [4.69, 9.17) is 23.7 Å². The number of carbonyl (C=O) groups excluding carboxylic acids is 8. The number of carbonyl (C=O) groups is 8. The SMILES string of the molecule is O=C1CCC(N2C(=O)c3ccc(NC(=O)COCCOCCOCCOCCOCCNC(=O)c4cc5cc(N6CCC(O)(C(=O)NCc7cc(F)cc(F)c7)C6=O)ccc5[nH]4)cc3C2=O)C(=O)N1. The number of aliphatic hydroxyl groups is 1. The lowest BCUT2D eigenvalue weighted by Gasteiger charge is -2.27. The summed E-state index contributed by atoms with van der Waals surface area (Å²) in [4.78, 5) is 106. The predicted molar refractivity (Wildman–Crippen MR) is 237 cm³/mol. The highest BCUT2D eigenvalue weighted by Crippen LogP contribution is 2.32. The van der Waals surface area contributed by atoms with Gasteiger partial charge in [-0.15, -0.1) is 0 Å². The molecule has 1 aromatic heterocycles. The second-order valence-corrected chi connectivity index (χ2v) is 16.0. The largest absolute Gasteiger partial charge is 0.377 e. The number of nitrogens with zero attached hydrogens (tertiary/aromatic N) is 2. The van der Waals surface area contributed by atoms with Gasteiger partial charge in [-0.25, -0.2) is 8.78 Å². The smallest absolute Gasteiger partial charge is 0.268 e. The second kappa shape index (κ2) is 22.9. The van der Waals surface area contributed by atoms with E-state index < -0.39 is 64.6 Å². The first kappa shape index (κ1) is 49.9. The van der Waals surface area contributed by atoms with Crippen LogP contribution in [0.2, 0.25) is 0 Å². The summed E-state index contributed by atoms with van der Waals surface area (Å²) in [5, 5.41) is 21.5. The van der Waals surface area contributed by atoms with Crippen LogP contribution in [0.3, 0.4) is 0 Å². The molecule has 6 N–H and O–H groups in total. The van der Waals surface area contributed by atoms with Gasteiger partial charge >= 0.3 is 0 Å². The molecule has 7 rings (SSSR count). The topological polar surface area (TPSA) is 273 Å². The van der Waals surface area contributed by atoms with Crippen molar-refractivity contribution in [3.05, 3.63) is 94.7 Å². The summed E-state index contributed by atoms with van der Waals surface area (Å²) in [5.41, 5.74) is -0.582. The van der Waals surface area contributed by atoms with E-state index in [9.17, 15) is 52.2 Å². The van der Waals surface area contributed by atoms with Crippen LogP contribution in [-0.4, -0.2) is 153 Å². The van der Waals surface area contributed by atoms with Crippen molar-refractivity contribution in [1.82, 2.24) is 25.8 Å². The minimum atomic E-state index is -2.38.